The molecule has 0 bridgehead atoms. The summed E-state index contributed by atoms with van der Waals surface area (Å²) in [7, 11) is 0. The summed E-state index contributed by atoms with van der Waals surface area (Å²) < 4.78 is 5.40. The van der Waals surface area contributed by atoms with Crippen molar-refractivity contribution >= 4 is 29.5 Å². The van der Waals surface area contributed by atoms with E-state index in [4.69, 9.17) is 9.84 Å². The number of carboxylic acid groups (broad SMARTS) is 1. The Bertz CT molecular complexity index is 513. The first kappa shape index (κ1) is 15.6. The highest BCUT2D eigenvalue weighted by atomic mass is 32.2. The van der Waals surface area contributed by atoms with Crippen molar-refractivity contribution in [1.29, 1.82) is 0 Å². The van der Waals surface area contributed by atoms with Crippen LogP contribution in [0.2, 0.25) is 0 Å². The van der Waals surface area contributed by atoms with Gasteiger partial charge in [-0.2, -0.15) is 0 Å². The topological polar surface area (TPSA) is 87.2 Å². The predicted octanol–water partition coefficient (Wildman–Crippen LogP) is 0.143. The number of aliphatic carboxylic acids is 1. The highest BCUT2D eigenvalue weighted by molar-refractivity contribution is 8.01. The van der Waals surface area contributed by atoms with Crippen molar-refractivity contribution in [2.45, 2.75) is 43.2 Å². The molecule has 8 heteroatoms. The maximum Gasteiger partial charge on any atom is 0.306 e. The Morgan fingerprint density at radius 1 is 1.50 bits per heavy atom. The molecule has 0 saturated carbocycles. The van der Waals surface area contributed by atoms with Crippen LogP contribution in [0.3, 0.4) is 0 Å². The lowest BCUT2D eigenvalue weighted by atomic mass is 10.1. The van der Waals surface area contributed by atoms with E-state index in [2.05, 4.69) is 0 Å². The average molecular weight is 328 g/mol. The summed E-state index contributed by atoms with van der Waals surface area (Å²) in [6, 6.07) is -0.423. The number of hydrogen-bond acceptors (Lipinski definition) is 5. The van der Waals surface area contributed by atoms with E-state index in [9.17, 15) is 14.4 Å². The molecular weight excluding hydrogens is 308 g/mol. The molecule has 3 saturated heterocycles. The zero-order chi connectivity index (χ0) is 15.9. The number of fused-ring (bicyclic) bond motifs is 1. The predicted molar refractivity (Wildman–Crippen MR) is 79.3 cm³/mol. The zero-order valence-electron chi connectivity index (χ0n) is 12.5. The van der Waals surface area contributed by atoms with Crippen LogP contribution in [0.1, 0.15) is 26.2 Å². The van der Waals surface area contributed by atoms with Gasteiger partial charge in [0, 0.05) is 25.3 Å². The minimum Gasteiger partial charge on any atom is -0.481 e. The second kappa shape index (κ2) is 5.73. The first-order valence-corrected chi connectivity index (χ1v) is 8.47. The largest absolute Gasteiger partial charge is 0.481 e. The van der Waals surface area contributed by atoms with Crippen molar-refractivity contribution in [2.75, 3.05) is 25.4 Å². The van der Waals surface area contributed by atoms with Gasteiger partial charge in [0.1, 0.15) is 6.04 Å². The van der Waals surface area contributed by atoms with Crippen molar-refractivity contribution in [1.82, 2.24) is 9.80 Å². The van der Waals surface area contributed by atoms with E-state index in [1.807, 2.05) is 6.92 Å². The minimum absolute atomic E-state index is 0.0428. The Labute approximate surface area is 133 Å². The van der Waals surface area contributed by atoms with E-state index in [1.54, 1.807) is 21.6 Å². The Balaban J connectivity index is 1.69. The van der Waals surface area contributed by atoms with E-state index < -0.39 is 18.1 Å². The Morgan fingerprint density at radius 2 is 2.27 bits per heavy atom. The lowest BCUT2D eigenvalue weighted by molar-refractivity contribution is -0.152. The number of rotatable bonds is 3. The summed E-state index contributed by atoms with van der Waals surface area (Å²) in [5.74, 6) is -0.355. The number of nitrogens with zero attached hydrogens (tertiary/aromatic N) is 2. The molecule has 3 atom stereocenters. The molecule has 0 aromatic rings. The van der Waals surface area contributed by atoms with Crippen LogP contribution in [-0.2, 0) is 19.1 Å². The van der Waals surface area contributed by atoms with Crippen molar-refractivity contribution in [3.8, 4) is 0 Å². The van der Waals surface area contributed by atoms with Gasteiger partial charge in [0.15, 0.2) is 0 Å². The van der Waals surface area contributed by atoms with Crippen LogP contribution in [-0.4, -0.2) is 75.2 Å². The third kappa shape index (κ3) is 2.69. The highest BCUT2D eigenvalue weighted by Crippen LogP contribution is 2.47. The van der Waals surface area contributed by atoms with Gasteiger partial charge in [0.25, 0.3) is 0 Å². The average Bonchev–Trinajstić information content (AvgIpc) is 2.95. The summed E-state index contributed by atoms with van der Waals surface area (Å²) in [5, 5.41) is 8.85. The Morgan fingerprint density at radius 3 is 3.00 bits per heavy atom. The van der Waals surface area contributed by atoms with Crippen molar-refractivity contribution < 1.29 is 24.2 Å². The van der Waals surface area contributed by atoms with Gasteiger partial charge in [0.2, 0.25) is 11.8 Å². The molecule has 3 rings (SSSR count). The summed E-state index contributed by atoms with van der Waals surface area (Å²) in [6.07, 6.45) is 0.706. The van der Waals surface area contributed by atoms with Crippen molar-refractivity contribution in [3.63, 3.8) is 0 Å². The van der Waals surface area contributed by atoms with Gasteiger partial charge in [0.05, 0.1) is 24.0 Å². The smallest absolute Gasteiger partial charge is 0.306 e. The third-order valence-corrected chi connectivity index (χ3v) is 6.09. The Hall–Kier alpha value is -1.28. The molecule has 22 heavy (non-hydrogen) atoms. The van der Waals surface area contributed by atoms with Crippen LogP contribution < -0.4 is 0 Å². The van der Waals surface area contributed by atoms with Crippen LogP contribution >= 0.6 is 11.8 Å². The maximum absolute atomic E-state index is 12.8. The summed E-state index contributed by atoms with van der Waals surface area (Å²) in [6.45, 7) is 3.09. The van der Waals surface area contributed by atoms with Crippen LogP contribution in [0.4, 0.5) is 0 Å². The fraction of sp³-hybridized carbons (Fsp3) is 0.786. The van der Waals surface area contributed by atoms with E-state index in [0.29, 0.717) is 25.3 Å². The van der Waals surface area contributed by atoms with Crippen LogP contribution in [0.15, 0.2) is 0 Å². The van der Waals surface area contributed by atoms with Gasteiger partial charge < -0.3 is 19.6 Å². The van der Waals surface area contributed by atoms with Gasteiger partial charge in [-0.1, -0.05) is 0 Å². The van der Waals surface area contributed by atoms with Gasteiger partial charge in [-0.3, -0.25) is 14.4 Å². The lowest BCUT2D eigenvalue weighted by Gasteiger charge is -2.36. The number of carboxylic acids is 1. The molecule has 3 aliphatic rings. The fourth-order valence-electron chi connectivity index (χ4n) is 3.45. The van der Waals surface area contributed by atoms with Gasteiger partial charge in [-0.15, -0.1) is 11.8 Å². The van der Waals surface area contributed by atoms with Gasteiger partial charge in [-0.05, 0) is 13.3 Å². The summed E-state index contributed by atoms with van der Waals surface area (Å²) in [5.41, 5.74) is 0. The van der Waals surface area contributed by atoms with Crippen molar-refractivity contribution in [3.05, 3.63) is 0 Å². The molecule has 7 nitrogen and oxygen atoms in total. The minimum atomic E-state index is -0.932. The molecule has 0 unspecified atom stereocenters. The monoisotopic (exact) mass is 328 g/mol. The molecule has 3 heterocycles. The molecule has 2 amide bonds. The molecule has 0 aromatic carbocycles. The quantitative estimate of drug-likeness (QED) is 0.793. The molecule has 0 spiro atoms. The molecule has 3 fully saturated rings. The number of carbonyl (C=O) groups is 3. The van der Waals surface area contributed by atoms with E-state index in [0.717, 1.165) is 6.42 Å². The SMILES string of the molecule is C[C@]12CCC(=O)N1[C@H](C(=O)N1CCO[C@H](CC(=O)O)C1)CS2. The first-order chi connectivity index (χ1) is 10.4. The number of hydrogen-bond donors (Lipinski definition) is 1. The maximum atomic E-state index is 12.8. The molecule has 122 valence electrons. The molecule has 0 radical (unpaired) electrons. The molecule has 0 aromatic heterocycles. The van der Waals surface area contributed by atoms with Crippen LogP contribution in [0, 0.1) is 0 Å². The van der Waals surface area contributed by atoms with E-state index in [1.165, 1.54) is 0 Å². The highest BCUT2D eigenvalue weighted by Gasteiger charge is 2.53. The Kier molecular flexibility index (Phi) is 4.07. The standard InChI is InChI=1S/C14H20N2O5S/c1-14-3-2-11(17)16(14)10(8-22-14)13(20)15-4-5-21-9(7-15)6-12(18)19/h9-10H,2-8H2,1H3,(H,18,19)/t9-,10+,14+/m1/s1. The summed E-state index contributed by atoms with van der Waals surface area (Å²) >= 11 is 1.66. The fourth-order valence-corrected chi connectivity index (χ4v) is 4.88. The van der Waals surface area contributed by atoms with Crippen molar-refractivity contribution in [2.24, 2.45) is 0 Å². The number of morpholine rings is 1. The van der Waals surface area contributed by atoms with E-state index >= 15 is 0 Å². The number of thioether (sulfide) groups is 1. The third-order valence-electron chi connectivity index (χ3n) is 4.58. The number of amides is 2. The van der Waals surface area contributed by atoms with Gasteiger partial charge in [-0.25, -0.2) is 0 Å². The zero-order valence-corrected chi connectivity index (χ0v) is 13.3. The molecular formula is C14H20N2O5S. The van der Waals surface area contributed by atoms with Gasteiger partial charge >= 0.3 is 5.97 Å². The van der Waals surface area contributed by atoms with Crippen LogP contribution in [0.25, 0.3) is 0 Å². The molecule has 1 N–H and O–H groups in total. The normalized spacial score (nSPS) is 34.9. The molecule has 0 aliphatic carbocycles. The summed E-state index contributed by atoms with van der Waals surface area (Å²) in [4.78, 5) is 38.8. The number of carbonyl (C=O) groups excluding carboxylic acids is 2. The molecule has 3 aliphatic heterocycles. The lowest BCUT2D eigenvalue weighted by Crippen LogP contribution is -2.55. The second-order valence-electron chi connectivity index (χ2n) is 6.14. The first-order valence-electron chi connectivity index (χ1n) is 7.49. The van der Waals surface area contributed by atoms with Crippen LogP contribution in [0.5, 0.6) is 0 Å². The van der Waals surface area contributed by atoms with E-state index in [-0.39, 0.29) is 29.7 Å². The number of ether oxygens (including phenoxy) is 1. The second-order valence-corrected chi connectivity index (χ2v) is 7.64.